The molecular weight excluding hydrogens is 235 g/mol. The van der Waals surface area contributed by atoms with Crippen molar-refractivity contribution in [3.8, 4) is 0 Å². The largest absolute Gasteiger partial charge is 0.398 e. The number of hydrogen-bond acceptors (Lipinski definition) is 3. The Morgan fingerprint density at radius 1 is 1.56 bits per heavy atom. The number of nitrogens with two attached hydrogens (primary N) is 1. The molecule has 1 aliphatic rings. The zero-order chi connectivity index (χ0) is 13.3. The molecule has 2 unspecified atom stereocenters. The summed E-state index contributed by atoms with van der Waals surface area (Å²) in [6.07, 6.45) is 0.785. The topological polar surface area (TPSA) is 55.6 Å². The fraction of sp³-hybridized carbons (Fsp3) is 0.462. The molecular formula is C13H17FN2O2. The number of nitrogen functional groups attached to an aromatic ring is 1. The molecule has 0 aromatic heterocycles. The van der Waals surface area contributed by atoms with E-state index in [1.807, 2.05) is 6.92 Å². The average Bonchev–Trinajstić information content (AvgIpc) is 2.77. The highest BCUT2D eigenvalue weighted by atomic mass is 19.1. The number of halogens is 1. The second kappa shape index (κ2) is 4.94. The van der Waals surface area contributed by atoms with Gasteiger partial charge in [-0.05, 0) is 31.5 Å². The quantitative estimate of drug-likeness (QED) is 0.814. The van der Waals surface area contributed by atoms with Gasteiger partial charge in [0.15, 0.2) is 0 Å². The van der Waals surface area contributed by atoms with Crippen molar-refractivity contribution in [3.63, 3.8) is 0 Å². The van der Waals surface area contributed by atoms with Crippen molar-refractivity contribution >= 4 is 11.6 Å². The van der Waals surface area contributed by atoms with E-state index in [2.05, 4.69) is 0 Å². The molecule has 1 heterocycles. The Morgan fingerprint density at radius 3 is 2.89 bits per heavy atom. The van der Waals surface area contributed by atoms with Crippen molar-refractivity contribution < 1.29 is 13.9 Å². The zero-order valence-electron chi connectivity index (χ0n) is 10.5. The van der Waals surface area contributed by atoms with Crippen LogP contribution in [0.25, 0.3) is 0 Å². The van der Waals surface area contributed by atoms with Crippen LogP contribution in [0.15, 0.2) is 18.2 Å². The summed E-state index contributed by atoms with van der Waals surface area (Å²) in [5.41, 5.74) is 6.21. The summed E-state index contributed by atoms with van der Waals surface area (Å²) in [4.78, 5) is 13.9. The van der Waals surface area contributed by atoms with Crippen LogP contribution >= 0.6 is 0 Å². The zero-order valence-corrected chi connectivity index (χ0v) is 10.5. The van der Waals surface area contributed by atoms with Gasteiger partial charge in [0, 0.05) is 19.3 Å². The van der Waals surface area contributed by atoms with Crippen LogP contribution in [0.5, 0.6) is 0 Å². The number of carbonyl (C=O) groups is 1. The molecule has 18 heavy (non-hydrogen) atoms. The average molecular weight is 252 g/mol. The summed E-state index contributed by atoms with van der Waals surface area (Å²) in [5, 5.41) is 0. The third-order valence-electron chi connectivity index (χ3n) is 3.40. The van der Waals surface area contributed by atoms with Crippen LogP contribution in [0.2, 0.25) is 0 Å². The number of nitrogens with zero attached hydrogens (tertiary/aromatic N) is 1. The summed E-state index contributed by atoms with van der Waals surface area (Å²) in [7, 11) is 1.70. The molecule has 0 aliphatic carbocycles. The first-order chi connectivity index (χ1) is 8.50. The van der Waals surface area contributed by atoms with Crippen molar-refractivity contribution in [2.45, 2.75) is 25.5 Å². The molecule has 1 amide bonds. The summed E-state index contributed by atoms with van der Waals surface area (Å²) < 4.78 is 18.6. The van der Waals surface area contributed by atoms with Crippen molar-refractivity contribution in [1.82, 2.24) is 4.90 Å². The molecule has 1 aliphatic heterocycles. The Bertz CT molecular complexity index is 464. The lowest BCUT2D eigenvalue weighted by atomic mass is 10.1. The van der Waals surface area contributed by atoms with Crippen LogP contribution in [0, 0.1) is 5.82 Å². The maximum Gasteiger partial charge on any atom is 0.256 e. The first-order valence-corrected chi connectivity index (χ1v) is 5.94. The van der Waals surface area contributed by atoms with Crippen molar-refractivity contribution in [3.05, 3.63) is 29.6 Å². The first-order valence-electron chi connectivity index (χ1n) is 5.94. The van der Waals surface area contributed by atoms with Crippen molar-refractivity contribution in [1.29, 1.82) is 0 Å². The number of benzene rings is 1. The van der Waals surface area contributed by atoms with Gasteiger partial charge in [-0.1, -0.05) is 0 Å². The normalized spacial score (nSPS) is 23.1. The van der Waals surface area contributed by atoms with Gasteiger partial charge in [-0.2, -0.15) is 0 Å². The SMILES string of the molecule is CC1OCCC1N(C)C(=O)c1cc(F)ccc1N. The monoisotopic (exact) mass is 252 g/mol. The van der Waals surface area contributed by atoms with Gasteiger partial charge in [0.2, 0.25) is 0 Å². The van der Waals surface area contributed by atoms with Gasteiger partial charge < -0.3 is 15.4 Å². The molecule has 0 saturated carbocycles. The fourth-order valence-corrected chi connectivity index (χ4v) is 2.28. The molecule has 4 nitrogen and oxygen atoms in total. The third-order valence-corrected chi connectivity index (χ3v) is 3.40. The van der Waals surface area contributed by atoms with E-state index < -0.39 is 5.82 Å². The van der Waals surface area contributed by atoms with Gasteiger partial charge >= 0.3 is 0 Å². The van der Waals surface area contributed by atoms with Gasteiger partial charge in [-0.15, -0.1) is 0 Å². The van der Waals surface area contributed by atoms with E-state index in [0.717, 1.165) is 6.42 Å². The van der Waals surface area contributed by atoms with Gasteiger partial charge in [-0.3, -0.25) is 4.79 Å². The van der Waals surface area contributed by atoms with Crippen LogP contribution in [0.1, 0.15) is 23.7 Å². The Morgan fingerprint density at radius 2 is 2.28 bits per heavy atom. The maximum absolute atomic E-state index is 13.2. The molecule has 2 N–H and O–H groups in total. The molecule has 1 fully saturated rings. The van der Waals surface area contributed by atoms with Crippen LogP contribution in [0.3, 0.4) is 0 Å². The summed E-state index contributed by atoms with van der Waals surface area (Å²) in [6, 6.07) is 3.84. The summed E-state index contributed by atoms with van der Waals surface area (Å²) >= 11 is 0. The Balaban J connectivity index is 2.22. The lowest BCUT2D eigenvalue weighted by Gasteiger charge is -2.27. The van der Waals surface area contributed by atoms with Gasteiger partial charge in [0.1, 0.15) is 5.82 Å². The third kappa shape index (κ3) is 2.31. The Kier molecular flexibility index (Phi) is 3.52. The van der Waals surface area contributed by atoms with E-state index in [1.165, 1.54) is 18.2 Å². The van der Waals surface area contributed by atoms with Gasteiger partial charge in [0.25, 0.3) is 5.91 Å². The second-order valence-corrected chi connectivity index (χ2v) is 4.58. The minimum Gasteiger partial charge on any atom is -0.398 e. The standard InChI is InChI=1S/C13H17FN2O2/c1-8-12(5-6-18-8)16(2)13(17)10-7-9(14)3-4-11(10)15/h3-4,7-8,12H,5-6,15H2,1-2H3. The molecule has 2 rings (SSSR count). The van der Waals surface area contributed by atoms with E-state index in [1.54, 1.807) is 11.9 Å². The Labute approximate surface area is 106 Å². The number of amides is 1. The number of anilines is 1. The number of likely N-dealkylation sites (N-methyl/N-ethyl adjacent to an activating group) is 1. The Hall–Kier alpha value is -1.62. The highest BCUT2D eigenvalue weighted by molar-refractivity contribution is 5.99. The highest BCUT2D eigenvalue weighted by Gasteiger charge is 2.31. The van der Waals surface area contributed by atoms with Crippen molar-refractivity contribution in [2.24, 2.45) is 0 Å². The minimum absolute atomic E-state index is 0.00580. The maximum atomic E-state index is 13.2. The minimum atomic E-state index is -0.461. The summed E-state index contributed by atoms with van der Waals surface area (Å²) in [6.45, 7) is 2.57. The molecule has 1 aromatic rings. The predicted molar refractivity (Wildman–Crippen MR) is 66.7 cm³/mol. The number of rotatable bonds is 2. The molecule has 1 aromatic carbocycles. The molecule has 98 valence electrons. The predicted octanol–water partition coefficient (Wildman–Crippen LogP) is 1.66. The number of ether oxygens (including phenoxy) is 1. The lowest BCUT2D eigenvalue weighted by molar-refractivity contribution is 0.0575. The molecule has 0 spiro atoms. The van der Waals surface area contributed by atoms with Gasteiger partial charge in [-0.25, -0.2) is 4.39 Å². The number of carbonyl (C=O) groups excluding carboxylic acids is 1. The fourth-order valence-electron chi connectivity index (χ4n) is 2.28. The van der Waals surface area contributed by atoms with Gasteiger partial charge in [0.05, 0.1) is 17.7 Å². The molecule has 0 bridgehead atoms. The second-order valence-electron chi connectivity index (χ2n) is 4.58. The van der Waals surface area contributed by atoms with E-state index in [0.29, 0.717) is 12.3 Å². The van der Waals surface area contributed by atoms with Crippen LogP contribution in [-0.2, 0) is 4.74 Å². The molecule has 5 heteroatoms. The van der Waals surface area contributed by atoms with E-state index in [-0.39, 0.29) is 23.6 Å². The van der Waals surface area contributed by atoms with E-state index in [4.69, 9.17) is 10.5 Å². The van der Waals surface area contributed by atoms with E-state index in [9.17, 15) is 9.18 Å². The van der Waals surface area contributed by atoms with E-state index >= 15 is 0 Å². The highest BCUT2D eigenvalue weighted by Crippen LogP contribution is 2.22. The van der Waals surface area contributed by atoms with Crippen molar-refractivity contribution in [2.75, 3.05) is 19.4 Å². The van der Waals surface area contributed by atoms with Crippen LogP contribution < -0.4 is 5.73 Å². The molecule has 2 atom stereocenters. The first kappa shape index (κ1) is 12.8. The smallest absolute Gasteiger partial charge is 0.256 e. The number of hydrogen-bond donors (Lipinski definition) is 1. The lowest BCUT2D eigenvalue weighted by Crippen LogP contribution is -2.41. The molecule has 0 radical (unpaired) electrons. The van der Waals surface area contributed by atoms with Crippen LogP contribution in [0.4, 0.5) is 10.1 Å². The van der Waals surface area contributed by atoms with Crippen LogP contribution in [-0.4, -0.2) is 36.6 Å². The molecule has 1 saturated heterocycles. The summed E-state index contributed by atoms with van der Waals surface area (Å²) in [5.74, 6) is -0.731.